The second-order valence-corrected chi connectivity index (χ2v) is 9.45. The van der Waals surface area contributed by atoms with Gasteiger partial charge in [-0.2, -0.15) is 0 Å². The van der Waals surface area contributed by atoms with Crippen molar-refractivity contribution < 1.29 is 13.2 Å². The molecule has 1 unspecified atom stereocenters. The number of carbonyl (C=O) groups excluding carboxylic acids is 1. The monoisotopic (exact) mass is 387 g/mol. The molecule has 1 saturated heterocycles. The summed E-state index contributed by atoms with van der Waals surface area (Å²) in [4.78, 5) is 14.3. The lowest BCUT2D eigenvalue weighted by molar-refractivity contribution is -0.134. The predicted molar refractivity (Wildman–Crippen MR) is 91.2 cm³/mol. The predicted octanol–water partition coefficient (Wildman–Crippen LogP) is 3.01. The van der Waals surface area contributed by atoms with Crippen molar-refractivity contribution in [3.05, 3.63) is 34.3 Å². The average molecular weight is 388 g/mol. The zero-order valence-electron chi connectivity index (χ0n) is 13.0. The minimum Gasteiger partial charge on any atom is -0.334 e. The van der Waals surface area contributed by atoms with E-state index in [-0.39, 0.29) is 29.4 Å². The van der Waals surface area contributed by atoms with E-state index in [1.54, 1.807) is 4.90 Å². The zero-order chi connectivity index (χ0) is 16.3. The van der Waals surface area contributed by atoms with Crippen LogP contribution in [0.4, 0.5) is 0 Å². The molecule has 22 heavy (non-hydrogen) atoms. The summed E-state index contributed by atoms with van der Waals surface area (Å²) in [5.74, 6) is 0.569. The fraction of sp³-hybridized carbons (Fsp3) is 0.562. The smallest absolute Gasteiger partial charge is 0.223 e. The standard InChI is InChI=1S/C16H22BrNO3S/c1-12(2)8-16(19)18(15-6-7-22(20,21)11-15)10-13-4-3-5-14(17)9-13/h3-5,9,12,15H,6-8,10-11H2,1-2H3. The maximum atomic E-state index is 12.6. The van der Waals surface area contributed by atoms with Gasteiger partial charge in [-0.05, 0) is 30.0 Å². The number of sulfone groups is 1. The molecule has 0 bridgehead atoms. The molecule has 1 amide bonds. The summed E-state index contributed by atoms with van der Waals surface area (Å²) in [6.45, 7) is 4.46. The number of halogens is 1. The Kier molecular flexibility index (Phi) is 5.66. The van der Waals surface area contributed by atoms with Gasteiger partial charge in [0.15, 0.2) is 9.84 Å². The fourth-order valence-electron chi connectivity index (χ4n) is 2.74. The van der Waals surface area contributed by atoms with E-state index in [1.165, 1.54) is 0 Å². The van der Waals surface area contributed by atoms with Crippen molar-refractivity contribution in [1.82, 2.24) is 4.90 Å². The first-order valence-corrected chi connectivity index (χ1v) is 10.1. The Bertz CT molecular complexity index is 643. The lowest BCUT2D eigenvalue weighted by atomic mass is 10.1. The number of rotatable bonds is 5. The summed E-state index contributed by atoms with van der Waals surface area (Å²) in [5, 5.41) is 0. The molecule has 4 nitrogen and oxygen atoms in total. The Balaban J connectivity index is 2.20. The van der Waals surface area contributed by atoms with E-state index >= 15 is 0 Å². The van der Waals surface area contributed by atoms with Crippen LogP contribution in [0, 0.1) is 5.92 Å². The van der Waals surface area contributed by atoms with Crippen LogP contribution >= 0.6 is 15.9 Å². The molecule has 0 saturated carbocycles. The first kappa shape index (κ1) is 17.5. The Hall–Kier alpha value is -0.880. The second kappa shape index (κ2) is 7.13. The highest BCUT2D eigenvalue weighted by molar-refractivity contribution is 9.10. The number of amides is 1. The van der Waals surface area contributed by atoms with Crippen molar-refractivity contribution in [3.8, 4) is 0 Å². The summed E-state index contributed by atoms with van der Waals surface area (Å²) in [6, 6.07) is 7.60. The van der Waals surface area contributed by atoms with Crippen LogP contribution in [-0.2, 0) is 21.2 Å². The number of hydrogen-bond donors (Lipinski definition) is 0. The summed E-state index contributed by atoms with van der Waals surface area (Å²) < 4.78 is 24.5. The Labute approximate surface area is 140 Å². The molecule has 6 heteroatoms. The first-order chi connectivity index (χ1) is 10.3. The molecule has 1 heterocycles. The van der Waals surface area contributed by atoms with E-state index in [0.717, 1.165) is 10.0 Å². The van der Waals surface area contributed by atoms with Gasteiger partial charge in [0.05, 0.1) is 11.5 Å². The number of nitrogens with zero attached hydrogens (tertiary/aromatic N) is 1. The molecule has 0 N–H and O–H groups in total. The van der Waals surface area contributed by atoms with Gasteiger partial charge in [0.25, 0.3) is 0 Å². The van der Waals surface area contributed by atoms with Gasteiger partial charge in [0, 0.05) is 23.5 Å². The van der Waals surface area contributed by atoms with E-state index in [1.807, 2.05) is 38.1 Å². The summed E-state index contributed by atoms with van der Waals surface area (Å²) in [7, 11) is -3.01. The summed E-state index contributed by atoms with van der Waals surface area (Å²) in [5.41, 5.74) is 1.01. The van der Waals surface area contributed by atoms with Gasteiger partial charge < -0.3 is 4.90 Å². The van der Waals surface area contributed by atoms with Gasteiger partial charge in [-0.3, -0.25) is 4.79 Å². The van der Waals surface area contributed by atoms with Crippen molar-refractivity contribution in [3.63, 3.8) is 0 Å². The Morgan fingerprint density at radius 3 is 2.68 bits per heavy atom. The normalized spacial score (nSPS) is 20.3. The molecule has 1 aromatic rings. The van der Waals surface area contributed by atoms with Crippen LogP contribution in [0.1, 0.15) is 32.3 Å². The van der Waals surface area contributed by atoms with E-state index in [4.69, 9.17) is 0 Å². The average Bonchev–Trinajstić information content (AvgIpc) is 2.75. The largest absolute Gasteiger partial charge is 0.334 e. The number of benzene rings is 1. The fourth-order valence-corrected chi connectivity index (χ4v) is 4.92. The van der Waals surface area contributed by atoms with Crippen molar-refractivity contribution in [1.29, 1.82) is 0 Å². The third kappa shape index (κ3) is 4.81. The van der Waals surface area contributed by atoms with E-state index in [0.29, 0.717) is 19.4 Å². The highest BCUT2D eigenvalue weighted by atomic mass is 79.9. The van der Waals surface area contributed by atoms with Gasteiger partial charge in [-0.1, -0.05) is 41.9 Å². The topological polar surface area (TPSA) is 54.5 Å². The van der Waals surface area contributed by atoms with Crippen LogP contribution in [0.5, 0.6) is 0 Å². The minimum absolute atomic E-state index is 0.0390. The number of carbonyl (C=O) groups is 1. The zero-order valence-corrected chi connectivity index (χ0v) is 15.4. The Morgan fingerprint density at radius 2 is 2.14 bits per heavy atom. The van der Waals surface area contributed by atoms with E-state index in [9.17, 15) is 13.2 Å². The minimum atomic E-state index is -3.01. The van der Waals surface area contributed by atoms with Gasteiger partial charge in [0.2, 0.25) is 5.91 Å². The molecule has 122 valence electrons. The number of hydrogen-bond acceptors (Lipinski definition) is 3. The van der Waals surface area contributed by atoms with E-state index < -0.39 is 9.84 Å². The second-order valence-electron chi connectivity index (χ2n) is 6.31. The van der Waals surface area contributed by atoms with Gasteiger partial charge in [-0.15, -0.1) is 0 Å². The maximum absolute atomic E-state index is 12.6. The molecule has 0 spiro atoms. The highest BCUT2D eigenvalue weighted by Gasteiger charge is 2.34. The molecular formula is C16H22BrNO3S. The molecule has 1 aromatic carbocycles. The van der Waals surface area contributed by atoms with Crippen molar-refractivity contribution in [2.45, 2.75) is 39.3 Å². The van der Waals surface area contributed by atoms with Gasteiger partial charge in [-0.25, -0.2) is 8.42 Å². The van der Waals surface area contributed by atoms with Crippen LogP contribution in [0.2, 0.25) is 0 Å². The van der Waals surface area contributed by atoms with Crippen LogP contribution in [0.3, 0.4) is 0 Å². The van der Waals surface area contributed by atoms with Crippen molar-refractivity contribution in [2.24, 2.45) is 5.92 Å². The summed E-state index contributed by atoms with van der Waals surface area (Å²) >= 11 is 3.43. The highest BCUT2D eigenvalue weighted by Crippen LogP contribution is 2.23. The Morgan fingerprint density at radius 1 is 1.41 bits per heavy atom. The SMILES string of the molecule is CC(C)CC(=O)N(Cc1cccc(Br)c1)C1CCS(=O)(=O)C1. The van der Waals surface area contributed by atoms with E-state index in [2.05, 4.69) is 15.9 Å². The molecular weight excluding hydrogens is 366 g/mol. The molecule has 2 rings (SSSR count). The van der Waals surface area contributed by atoms with Crippen LogP contribution in [0.15, 0.2) is 28.7 Å². The van der Waals surface area contributed by atoms with Gasteiger partial charge in [0.1, 0.15) is 0 Å². The molecule has 1 fully saturated rings. The molecule has 1 aliphatic rings. The van der Waals surface area contributed by atoms with Crippen molar-refractivity contribution in [2.75, 3.05) is 11.5 Å². The molecule has 1 aliphatic heterocycles. The first-order valence-electron chi connectivity index (χ1n) is 7.51. The molecule has 0 aliphatic carbocycles. The lowest BCUT2D eigenvalue weighted by Gasteiger charge is -2.29. The molecule has 0 radical (unpaired) electrons. The van der Waals surface area contributed by atoms with Crippen LogP contribution in [0.25, 0.3) is 0 Å². The third-order valence-electron chi connectivity index (χ3n) is 3.79. The van der Waals surface area contributed by atoms with Gasteiger partial charge >= 0.3 is 0 Å². The quantitative estimate of drug-likeness (QED) is 0.779. The van der Waals surface area contributed by atoms with Crippen LogP contribution in [-0.4, -0.2) is 36.8 Å². The lowest BCUT2D eigenvalue weighted by Crippen LogP contribution is -2.41. The molecule has 0 aromatic heterocycles. The maximum Gasteiger partial charge on any atom is 0.223 e. The third-order valence-corrected chi connectivity index (χ3v) is 6.04. The van der Waals surface area contributed by atoms with Crippen LogP contribution < -0.4 is 0 Å². The molecule has 1 atom stereocenters. The summed E-state index contributed by atoms with van der Waals surface area (Å²) in [6.07, 6.45) is 0.991. The van der Waals surface area contributed by atoms with Crippen molar-refractivity contribution >= 4 is 31.7 Å².